The summed E-state index contributed by atoms with van der Waals surface area (Å²) < 4.78 is 7.49. The fourth-order valence-corrected chi connectivity index (χ4v) is 4.51. The van der Waals surface area contributed by atoms with E-state index in [1.807, 2.05) is 17.9 Å². The molecule has 4 nitrogen and oxygen atoms in total. The summed E-state index contributed by atoms with van der Waals surface area (Å²) in [5.41, 5.74) is 4.06. The van der Waals surface area contributed by atoms with Crippen molar-refractivity contribution in [3.05, 3.63) is 35.0 Å². The third-order valence-electron chi connectivity index (χ3n) is 5.30. The number of rotatable bonds is 0. The summed E-state index contributed by atoms with van der Waals surface area (Å²) in [5, 5.41) is 8.75. The Morgan fingerprint density at radius 1 is 1.32 bits per heavy atom. The molecular formula is C15H19N3O. The van der Waals surface area contributed by atoms with Gasteiger partial charge in [-0.2, -0.15) is 5.10 Å². The topological polar surface area (TPSA) is 43.9 Å². The van der Waals surface area contributed by atoms with Crippen LogP contribution in [-0.4, -0.2) is 14.9 Å². The van der Waals surface area contributed by atoms with Crippen molar-refractivity contribution in [2.75, 3.05) is 0 Å². The van der Waals surface area contributed by atoms with E-state index >= 15 is 0 Å². The molecule has 2 aromatic rings. The quantitative estimate of drug-likeness (QED) is 0.727. The Bertz CT molecular complexity index is 667. The highest BCUT2D eigenvalue weighted by Crippen LogP contribution is 2.56. The predicted octanol–water partition coefficient (Wildman–Crippen LogP) is 2.37. The second-order valence-corrected chi connectivity index (χ2v) is 6.93. The van der Waals surface area contributed by atoms with E-state index in [1.54, 1.807) is 0 Å². The van der Waals surface area contributed by atoms with Crippen LogP contribution in [0, 0.1) is 5.92 Å². The molecule has 0 aliphatic heterocycles. The van der Waals surface area contributed by atoms with Crippen molar-refractivity contribution in [2.45, 2.75) is 44.4 Å². The maximum absolute atomic E-state index is 5.55. The number of nitrogens with zero attached hydrogens (tertiary/aromatic N) is 3. The molecule has 2 aliphatic rings. The first-order chi connectivity index (χ1) is 8.93. The van der Waals surface area contributed by atoms with E-state index < -0.39 is 0 Å². The number of hydrogen-bond acceptors (Lipinski definition) is 3. The maximum atomic E-state index is 5.55. The van der Waals surface area contributed by atoms with Crippen molar-refractivity contribution < 1.29 is 4.52 Å². The number of hydrogen-bond donors (Lipinski definition) is 0. The summed E-state index contributed by atoms with van der Waals surface area (Å²) in [7, 11) is 2.01. The minimum Gasteiger partial charge on any atom is -0.361 e. The number of aryl methyl sites for hydroxylation is 1. The largest absolute Gasteiger partial charge is 0.361 e. The highest BCUT2D eigenvalue weighted by Gasteiger charge is 2.57. The van der Waals surface area contributed by atoms with Gasteiger partial charge < -0.3 is 4.52 Å². The Balaban J connectivity index is 1.94. The van der Waals surface area contributed by atoms with Gasteiger partial charge in [-0.1, -0.05) is 25.9 Å². The first-order valence-corrected chi connectivity index (χ1v) is 6.90. The number of fused-ring (bicyclic) bond motifs is 4. The molecule has 4 heteroatoms. The first-order valence-electron chi connectivity index (χ1n) is 6.90. The predicted molar refractivity (Wildman–Crippen MR) is 71.0 cm³/mol. The molecule has 2 aromatic heterocycles. The van der Waals surface area contributed by atoms with Crippen LogP contribution < -0.4 is 0 Å². The standard InChI is InChI=1S/C15H19N3O/c1-14(2)11-5-9-8-18(4)17-12(9)15(11,3)6-10-7-16-19-13(10)14/h7-8,11H,5-6H2,1-4H3/t11-,15-/m0/s1. The van der Waals surface area contributed by atoms with Gasteiger partial charge in [0.1, 0.15) is 5.76 Å². The lowest BCUT2D eigenvalue weighted by Gasteiger charge is -2.45. The van der Waals surface area contributed by atoms with Gasteiger partial charge >= 0.3 is 0 Å². The van der Waals surface area contributed by atoms with Gasteiger partial charge in [0.25, 0.3) is 0 Å². The van der Waals surface area contributed by atoms with Gasteiger partial charge in [-0.05, 0) is 24.3 Å². The molecule has 0 bridgehead atoms. The van der Waals surface area contributed by atoms with Gasteiger partial charge in [-0.3, -0.25) is 4.68 Å². The smallest absolute Gasteiger partial charge is 0.145 e. The molecule has 100 valence electrons. The zero-order valence-electron chi connectivity index (χ0n) is 11.9. The summed E-state index contributed by atoms with van der Waals surface area (Å²) in [6, 6.07) is 0. The van der Waals surface area contributed by atoms with Crippen LogP contribution in [-0.2, 0) is 30.7 Å². The van der Waals surface area contributed by atoms with Crippen LogP contribution >= 0.6 is 0 Å². The van der Waals surface area contributed by atoms with E-state index in [0.29, 0.717) is 5.92 Å². The van der Waals surface area contributed by atoms with Gasteiger partial charge in [0.15, 0.2) is 0 Å². The van der Waals surface area contributed by atoms with Gasteiger partial charge in [0.2, 0.25) is 0 Å². The van der Waals surface area contributed by atoms with Crippen molar-refractivity contribution in [3.63, 3.8) is 0 Å². The monoisotopic (exact) mass is 257 g/mol. The Morgan fingerprint density at radius 3 is 2.89 bits per heavy atom. The van der Waals surface area contributed by atoms with Crippen molar-refractivity contribution in [1.29, 1.82) is 0 Å². The third-order valence-corrected chi connectivity index (χ3v) is 5.30. The summed E-state index contributed by atoms with van der Waals surface area (Å²) in [4.78, 5) is 0. The summed E-state index contributed by atoms with van der Waals surface area (Å²) in [6.45, 7) is 6.92. The highest BCUT2D eigenvalue weighted by atomic mass is 16.5. The molecule has 2 aliphatic carbocycles. The normalized spacial score (nSPS) is 30.8. The zero-order chi connectivity index (χ0) is 13.4. The van der Waals surface area contributed by atoms with E-state index in [-0.39, 0.29) is 10.8 Å². The van der Waals surface area contributed by atoms with Crippen molar-refractivity contribution in [1.82, 2.24) is 14.9 Å². The van der Waals surface area contributed by atoms with Crippen LogP contribution in [0.25, 0.3) is 0 Å². The van der Waals surface area contributed by atoms with E-state index in [2.05, 4.69) is 32.1 Å². The molecular weight excluding hydrogens is 238 g/mol. The van der Waals surface area contributed by atoms with Crippen LogP contribution in [0.15, 0.2) is 16.9 Å². The lowest BCUT2D eigenvalue weighted by atomic mass is 9.57. The van der Waals surface area contributed by atoms with Gasteiger partial charge in [-0.25, -0.2) is 0 Å². The van der Waals surface area contributed by atoms with Crippen LogP contribution in [0.1, 0.15) is 43.4 Å². The maximum Gasteiger partial charge on any atom is 0.145 e. The molecule has 0 saturated carbocycles. The molecule has 0 saturated heterocycles. The molecule has 0 aromatic carbocycles. The molecule has 2 atom stereocenters. The van der Waals surface area contributed by atoms with Crippen molar-refractivity contribution in [2.24, 2.45) is 13.0 Å². The van der Waals surface area contributed by atoms with E-state index in [1.165, 1.54) is 16.8 Å². The average molecular weight is 257 g/mol. The lowest BCUT2D eigenvalue weighted by molar-refractivity contribution is 0.143. The average Bonchev–Trinajstić information content (AvgIpc) is 2.95. The number of aromatic nitrogens is 3. The minimum atomic E-state index is 0.0190. The molecule has 4 rings (SSSR count). The Labute approximate surface area is 112 Å². The lowest BCUT2D eigenvalue weighted by Crippen LogP contribution is -2.47. The molecule has 0 spiro atoms. The van der Waals surface area contributed by atoms with Crippen LogP contribution in [0.4, 0.5) is 0 Å². The second kappa shape index (κ2) is 3.11. The van der Waals surface area contributed by atoms with Crippen LogP contribution in [0.2, 0.25) is 0 Å². The minimum absolute atomic E-state index is 0.0190. The SMILES string of the molecule is Cn1cc2c(n1)[C@@]1(C)Cc3cnoc3C(C)(C)[C@@H]1C2. The van der Waals surface area contributed by atoms with Crippen LogP contribution in [0.3, 0.4) is 0 Å². The molecule has 0 amide bonds. The second-order valence-electron chi connectivity index (χ2n) is 6.93. The zero-order valence-corrected chi connectivity index (χ0v) is 11.9. The summed E-state index contributed by atoms with van der Waals surface area (Å²) in [5.74, 6) is 1.61. The molecule has 2 heterocycles. The van der Waals surface area contributed by atoms with Crippen molar-refractivity contribution >= 4 is 0 Å². The van der Waals surface area contributed by atoms with Gasteiger partial charge in [-0.15, -0.1) is 0 Å². The molecule has 0 radical (unpaired) electrons. The van der Waals surface area contributed by atoms with E-state index in [4.69, 9.17) is 9.62 Å². The fourth-order valence-electron chi connectivity index (χ4n) is 4.51. The molecule has 0 unspecified atom stereocenters. The third kappa shape index (κ3) is 1.20. The van der Waals surface area contributed by atoms with Gasteiger partial charge in [0.05, 0.1) is 11.9 Å². The Morgan fingerprint density at radius 2 is 2.11 bits per heavy atom. The highest BCUT2D eigenvalue weighted by molar-refractivity contribution is 5.43. The molecule has 0 fully saturated rings. The molecule has 0 N–H and O–H groups in total. The first kappa shape index (κ1) is 11.3. The summed E-state index contributed by atoms with van der Waals surface area (Å²) in [6.07, 6.45) is 6.14. The Kier molecular flexibility index (Phi) is 1.84. The van der Waals surface area contributed by atoms with E-state index in [0.717, 1.165) is 18.6 Å². The molecule has 19 heavy (non-hydrogen) atoms. The van der Waals surface area contributed by atoms with Crippen molar-refractivity contribution in [3.8, 4) is 0 Å². The van der Waals surface area contributed by atoms with Crippen LogP contribution in [0.5, 0.6) is 0 Å². The van der Waals surface area contributed by atoms with Gasteiger partial charge in [0, 0.05) is 29.6 Å². The fraction of sp³-hybridized carbons (Fsp3) is 0.600. The Hall–Kier alpha value is -1.58. The summed E-state index contributed by atoms with van der Waals surface area (Å²) >= 11 is 0. The van der Waals surface area contributed by atoms with E-state index in [9.17, 15) is 0 Å².